The second-order valence-corrected chi connectivity index (χ2v) is 9.36. The zero-order valence-electron chi connectivity index (χ0n) is 17.5. The average molecular weight is 424 g/mol. The summed E-state index contributed by atoms with van der Waals surface area (Å²) in [6.07, 6.45) is 10.4. The van der Waals surface area contributed by atoms with Gasteiger partial charge in [0.1, 0.15) is 0 Å². The van der Waals surface area contributed by atoms with E-state index in [2.05, 4.69) is 49.8 Å². The molecule has 1 aromatic carbocycles. The standard InChI is InChI=1S/C23H29N5OS/c1-2-27(16-8-4-3-5-9-16)21(29)15-30-23-26-25-22(28(23)17-12-13-17)19-14-24-20-11-7-6-10-18(19)20/h6-7,10-11,14,16-17,24H,2-5,8-9,12-13,15H2,1H3. The number of para-hydroxylation sites is 1. The quantitative estimate of drug-likeness (QED) is 0.541. The van der Waals surface area contributed by atoms with E-state index in [-0.39, 0.29) is 5.91 Å². The number of fused-ring (bicyclic) bond motifs is 1. The van der Waals surface area contributed by atoms with E-state index in [0.29, 0.717) is 17.8 Å². The second kappa shape index (κ2) is 8.46. The summed E-state index contributed by atoms with van der Waals surface area (Å²) in [6, 6.07) is 9.15. The van der Waals surface area contributed by atoms with Crippen LogP contribution in [0.5, 0.6) is 0 Å². The number of benzene rings is 1. The number of hydrogen-bond donors (Lipinski definition) is 1. The third-order valence-electron chi connectivity index (χ3n) is 6.41. The van der Waals surface area contributed by atoms with Crippen molar-refractivity contribution >= 4 is 28.6 Å². The molecule has 2 saturated carbocycles. The minimum Gasteiger partial charge on any atom is -0.360 e. The van der Waals surface area contributed by atoms with E-state index in [4.69, 9.17) is 0 Å². The van der Waals surface area contributed by atoms with Gasteiger partial charge in [0.15, 0.2) is 11.0 Å². The summed E-state index contributed by atoms with van der Waals surface area (Å²) in [5.41, 5.74) is 2.19. The van der Waals surface area contributed by atoms with Crippen LogP contribution < -0.4 is 0 Å². The van der Waals surface area contributed by atoms with Crippen LogP contribution in [0.25, 0.3) is 22.3 Å². The molecule has 0 saturated heterocycles. The molecule has 0 bridgehead atoms. The van der Waals surface area contributed by atoms with Gasteiger partial charge in [-0.3, -0.25) is 9.36 Å². The maximum atomic E-state index is 13.0. The molecular formula is C23H29N5OS. The zero-order valence-corrected chi connectivity index (χ0v) is 18.3. The van der Waals surface area contributed by atoms with Crippen LogP contribution in [0, 0.1) is 0 Å². The Balaban J connectivity index is 1.36. The number of rotatable bonds is 7. The molecular weight excluding hydrogens is 394 g/mol. The Bertz CT molecular complexity index is 1030. The molecule has 2 fully saturated rings. The number of aromatic amines is 1. The van der Waals surface area contributed by atoms with Gasteiger partial charge < -0.3 is 9.88 Å². The number of carbonyl (C=O) groups excluding carboxylic acids is 1. The lowest BCUT2D eigenvalue weighted by Gasteiger charge is -2.33. The largest absolute Gasteiger partial charge is 0.360 e. The summed E-state index contributed by atoms with van der Waals surface area (Å²) >= 11 is 1.54. The van der Waals surface area contributed by atoms with Crippen LogP contribution in [-0.2, 0) is 4.79 Å². The van der Waals surface area contributed by atoms with Gasteiger partial charge in [0.05, 0.1) is 5.75 Å². The van der Waals surface area contributed by atoms with Crippen molar-refractivity contribution < 1.29 is 4.79 Å². The highest BCUT2D eigenvalue weighted by molar-refractivity contribution is 7.99. The Morgan fingerprint density at radius 3 is 2.73 bits per heavy atom. The third-order valence-corrected chi connectivity index (χ3v) is 7.34. The Morgan fingerprint density at radius 2 is 1.97 bits per heavy atom. The first-order valence-corrected chi connectivity index (χ1v) is 12.2. The van der Waals surface area contributed by atoms with Gasteiger partial charge in [0.2, 0.25) is 5.91 Å². The van der Waals surface area contributed by atoms with Crippen LogP contribution >= 0.6 is 11.8 Å². The molecule has 30 heavy (non-hydrogen) atoms. The fourth-order valence-electron chi connectivity index (χ4n) is 4.72. The van der Waals surface area contributed by atoms with Crippen LogP contribution in [-0.4, -0.2) is 48.9 Å². The molecule has 7 heteroatoms. The van der Waals surface area contributed by atoms with E-state index in [0.717, 1.165) is 59.7 Å². The van der Waals surface area contributed by atoms with Crippen LogP contribution in [0.2, 0.25) is 0 Å². The van der Waals surface area contributed by atoms with Gasteiger partial charge in [-0.25, -0.2) is 0 Å². The van der Waals surface area contributed by atoms with Crippen LogP contribution in [0.15, 0.2) is 35.6 Å². The van der Waals surface area contributed by atoms with Crippen molar-refractivity contribution in [2.24, 2.45) is 0 Å². The first-order valence-electron chi connectivity index (χ1n) is 11.2. The Kier molecular flexibility index (Phi) is 5.54. The Labute approximate surface area is 181 Å². The fraction of sp³-hybridized carbons (Fsp3) is 0.522. The van der Waals surface area contributed by atoms with Crippen molar-refractivity contribution in [3.8, 4) is 11.4 Å². The van der Waals surface area contributed by atoms with E-state index in [9.17, 15) is 4.79 Å². The molecule has 0 unspecified atom stereocenters. The number of nitrogens with one attached hydrogen (secondary N) is 1. The van der Waals surface area contributed by atoms with E-state index in [1.165, 1.54) is 19.3 Å². The number of thioether (sulfide) groups is 1. The van der Waals surface area contributed by atoms with E-state index < -0.39 is 0 Å². The minimum absolute atomic E-state index is 0.230. The molecule has 158 valence electrons. The molecule has 0 spiro atoms. The summed E-state index contributed by atoms with van der Waals surface area (Å²) in [6.45, 7) is 2.89. The maximum absolute atomic E-state index is 13.0. The number of hydrogen-bond acceptors (Lipinski definition) is 4. The van der Waals surface area contributed by atoms with E-state index >= 15 is 0 Å². The fourth-order valence-corrected chi connectivity index (χ4v) is 5.61. The molecule has 3 aromatic rings. The number of aromatic nitrogens is 4. The van der Waals surface area contributed by atoms with Crippen molar-refractivity contribution in [1.82, 2.24) is 24.6 Å². The summed E-state index contributed by atoms with van der Waals surface area (Å²) in [7, 11) is 0. The van der Waals surface area contributed by atoms with Gasteiger partial charge in [-0.05, 0) is 38.7 Å². The van der Waals surface area contributed by atoms with Gasteiger partial charge in [-0.1, -0.05) is 49.2 Å². The first-order chi connectivity index (χ1) is 14.8. The molecule has 1 N–H and O–H groups in total. The van der Waals surface area contributed by atoms with Gasteiger partial charge in [-0.2, -0.15) is 0 Å². The Hall–Kier alpha value is -2.28. The minimum atomic E-state index is 0.230. The Morgan fingerprint density at radius 1 is 1.17 bits per heavy atom. The molecule has 2 heterocycles. The van der Waals surface area contributed by atoms with Gasteiger partial charge in [-0.15, -0.1) is 10.2 Å². The summed E-state index contributed by atoms with van der Waals surface area (Å²) in [4.78, 5) is 18.4. The monoisotopic (exact) mass is 423 g/mol. The lowest BCUT2D eigenvalue weighted by Crippen LogP contribution is -2.42. The van der Waals surface area contributed by atoms with Crippen molar-refractivity contribution in [1.29, 1.82) is 0 Å². The molecule has 0 aliphatic heterocycles. The second-order valence-electron chi connectivity index (χ2n) is 8.42. The van der Waals surface area contributed by atoms with Crippen molar-refractivity contribution in [3.63, 3.8) is 0 Å². The number of carbonyl (C=O) groups is 1. The summed E-state index contributed by atoms with van der Waals surface area (Å²) in [5, 5.41) is 11.1. The zero-order chi connectivity index (χ0) is 20.5. The van der Waals surface area contributed by atoms with Gasteiger partial charge in [0.25, 0.3) is 0 Å². The molecule has 2 aromatic heterocycles. The topological polar surface area (TPSA) is 66.8 Å². The molecule has 6 nitrogen and oxygen atoms in total. The predicted molar refractivity (Wildman–Crippen MR) is 121 cm³/mol. The number of H-pyrrole nitrogens is 1. The lowest BCUT2D eigenvalue weighted by atomic mass is 9.94. The molecule has 1 amide bonds. The number of nitrogens with zero attached hydrogens (tertiary/aromatic N) is 4. The normalized spacial score (nSPS) is 17.5. The van der Waals surface area contributed by atoms with E-state index in [1.54, 1.807) is 11.8 Å². The van der Waals surface area contributed by atoms with E-state index in [1.807, 2.05) is 12.3 Å². The van der Waals surface area contributed by atoms with Gasteiger partial charge >= 0.3 is 0 Å². The smallest absolute Gasteiger partial charge is 0.233 e. The highest BCUT2D eigenvalue weighted by Crippen LogP contribution is 2.42. The summed E-state index contributed by atoms with van der Waals surface area (Å²) < 4.78 is 2.25. The van der Waals surface area contributed by atoms with Crippen LogP contribution in [0.3, 0.4) is 0 Å². The molecule has 0 radical (unpaired) electrons. The lowest BCUT2D eigenvalue weighted by molar-refractivity contribution is -0.131. The summed E-state index contributed by atoms with van der Waals surface area (Å²) in [5.74, 6) is 1.57. The highest BCUT2D eigenvalue weighted by Gasteiger charge is 2.32. The van der Waals surface area contributed by atoms with Crippen LogP contribution in [0.4, 0.5) is 0 Å². The SMILES string of the molecule is CCN(C(=O)CSc1nnc(-c2c[nH]c3ccccc23)n1C1CC1)C1CCCCC1. The molecule has 5 rings (SSSR count). The van der Waals surface area contributed by atoms with Crippen LogP contribution in [0.1, 0.15) is 57.9 Å². The molecule has 0 atom stereocenters. The van der Waals surface area contributed by atoms with Crippen molar-refractivity contribution in [3.05, 3.63) is 30.5 Å². The molecule has 2 aliphatic carbocycles. The third kappa shape index (κ3) is 3.75. The van der Waals surface area contributed by atoms with Crippen molar-refractivity contribution in [2.45, 2.75) is 69.1 Å². The predicted octanol–water partition coefficient (Wildman–Crippen LogP) is 5.03. The molecule has 2 aliphatic rings. The first kappa shape index (κ1) is 19.7. The highest BCUT2D eigenvalue weighted by atomic mass is 32.2. The van der Waals surface area contributed by atoms with Gasteiger partial charge in [0, 0.05) is 41.3 Å². The maximum Gasteiger partial charge on any atom is 0.233 e. The average Bonchev–Trinajstić information content (AvgIpc) is 3.39. The van der Waals surface area contributed by atoms with Crippen molar-refractivity contribution in [2.75, 3.05) is 12.3 Å². The number of amides is 1.